The van der Waals surface area contributed by atoms with E-state index in [1.165, 1.54) is 12.3 Å². The number of rotatable bonds is 2. The lowest BCUT2D eigenvalue weighted by Crippen LogP contribution is -2.46. The lowest BCUT2D eigenvalue weighted by Gasteiger charge is -2.38. The molecule has 0 saturated carbocycles. The van der Waals surface area contributed by atoms with Crippen molar-refractivity contribution in [3.8, 4) is 0 Å². The number of aromatic nitrogens is 1. The van der Waals surface area contributed by atoms with Gasteiger partial charge in [-0.15, -0.1) is 0 Å². The molecule has 0 unspecified atom stereocenters. The predicted octanol–water partition coefficient (Wildman–Crippen LogP) is 1.02. The van der Waals surface area contributed by atoms with Gasteiger partial charge in [0.15, 0.2) is 0 Å². The van der Waals surface area contributed by atoms with Gasteiger partial charge in [0.05, 0.1) is 26.0 Å². The Balaban J connectivity index is 2.28. The van der Waals surface area contributed by atoms with Crippen LogP contribution in [0.15, 0.2) is 18.5 Å². The van der Waals surface area contributed by atoms with Gasteiger partial charge < -0.3 is 15.2 Å². The zero-order chi connectivity index (χ0) is 11.6. The van der Waals surface area contributed by atoms with Crippen molar-refractivity contribution in [2.24, 2.45) is 11.7 Å². The van der Waals surface area contributed by atoms with Crippen LogP contribution in [0.3, 0.4) is 0 Å². The Morgan fingerprint density at radius 2 is 2.19 bits per heavy atom. The fourth-order valence-electron chi connectivity index (χ4n) is 1.67. The molecular weight excluding hydrogens is 211 g/mol. The van der Waals surface area contributed by atoms with Gasteiger partial charge in [-0.3, -0.25) is 4.98 Å². The molecule has 1 saturated heterocycles. The number of halogens is 1. The van der Waals surface area contributed by atoms with Gasteiger partial charge in [-0.05, 0) is 6.07 Å². The van der Waals surface area contributed by atoms with Crippen LogP contribution < -0.4 is 5.73 Å². The summed E-state index contributed by atoms with van der Waals surface area (Å²) in [5, 5.41) is 0. The van der Waals surface area contributed by atoms with Crippen molar-refractivity contribution in [1.82, 2.24) is 4.98 Å². The topological polar surface area (TPSA) is 57.4 Å². The van der Waals surface area contributed by atoms with Gasteiger partial charge in [-0.2, -0.15) is 0 Å². The summed E-state index contributed by atoms with van der Waals surface area (Å²) < 4.78 is 24.3. The molecule has 0 bridgehead atoms. The first-order valence-corrected chi connectivity index (χ1v) is 5.25. The monoisotopic (exact) mass is 226 g/mol. The quantitative estimate of drug-likeness (QED) is 0.817. The standard InChI is InChI=1S/C11H15FN2O2/c1-8-5-15-11(7-13,16-6-8)9-2-10(12)4-14-3-9/h2-4,8H,5-7,13H2,1H3. The normalized spacial score (nSPS) is 30.3. The second kappa shape index (κ2) is 4.45. The Hall–Kier alpha value is -1.04. The van der Waals surface area contributed by atoms with E-state index in [4.69, 9.17) is 15.2 Å². The molecule has 0 atom stereocenters. The van der Waals surface area contributed by atoms with E-state index in [2.05, 4.69) is 4.98 Å². The molecule has 5 heteroatoms. The highest BCUT2D eigenvalue weighted by atomic mass is 19.1. The molecule has 0 radical (unpaired) electrons. The Bertz CT molecular complexity index is 365. The van der Waals surface area contributed by atoms with Crippen molar-refractivity contribution in [3.05, 3.63) is 29.8 Å². The molecule has 2 heterocycles. The number of hydrogen-bond acceptors (Lipinski definition) is 4. The molecule has 0 aromatic carbocycles. The summed E-state index contributed by atoms with van der Waals surface area (Å²) in [6.07, 6.45) is 2.66. The van der Waals surface area contributed by atoms with Gasteiger partial charge in [0, 0.05) is 17.7 Å². The fourth-order valence-corrected chi connectivity index (χ4v) is 1.67. The number of hydrogen-bond donors (Lipinski definition) is 1. The molecule has 0 amide bonds. The van der Waals surface area contributed by atoms with Crippen LogP contribution in [0.5, 0.6) is 0 Å². The first kappa shape index (κ1) is 11.4. The van der Waals surface area contributed by atoms with Crippen molar-refractivity contribution in [3.63, 3.8) is 0 Å². The molecule has 1 aliphatic heterocycles. The lowest BCUT2D eigenvalue weighted by molar-refractivity contribution is -0.284. The van der Waals surface area contributed by atoms with Crippen LogP contribution in [-0.2, 0) is 15.3 Å². The minimum atomic E-state index is -1.04. The van der Waals surface area contributed by atoms with Gasteiger partial charge >= 0.3 is 0 Å². The summed E-state index contributed by atoms with van der Waals surface area (Å²) in [6, 6.07) is 1.34. The van der Waals surface area contributed by atoms with Crippen LogP contribution >= 0.6 is 0 Å². The highest BCUT2D eigenvalue weighted by molar-refractivity contribution is 5.17. The lowest BCUT2D eigenvalue weighted by atomic mass is 10.1. The third-order valence-electron chi connectivity index (χ3n) is 2.62. The van der Waals surface area contributed by atoms with E-state index in [0.29, 0.717) is 24.7 Å². The van der Waals surface area contributed by atoms with Crippen molar-refractivity contribution in [2.45, 2.75) is 12.7 Å². The first-order chi connectivity index (χ1) is 7.66. The SMILES string of the molecule is CC1COC(CN)(c2cncc(F)c2)OC1. The summed E-state index contributed by atoms with van der Waals surface area (Å²) in [5.74, 6) is -1.14. The van der Waals surface area contributed by atoms with Crippen molar-refractivity contribution in [1.29, 1.82) is 0 Å². The van der Waals surface area contributed by atoms with E-state index in [1.807, 2.05) is 6.92 Å². The average Bonchev–Trinajstić information content (AvgIpc) is 2.31. The Kier molecular flexibility index (Phi) is 3.18. The van der Waals surface area contributed by atoms with Crippen LogP contribution in [0, 0.1) is 11.7 Å². The molecule has 16 heavy (non-hydrogen) atoms. The third kappa shape index (κ3) is 2.07. The average molecular weight is 226 g/mol. The summed E-state index contributed by atoms with van der Waals surface area (Å²) >= 11 is 0. The number of nitrogens with two attached hydrogens (primary N) is 1. The molecule has 88 valence electrons. The van der Waals surface area contributed by atoms with Crippen LogP contribution in [0.1, 0.15) is 12.5 Å². The Morgan fingerprint density at radius 3 is 2.75 bits per heavy atom. The predicted molar refractivity (Wildman–Crippen MR) is 56.0 cm³/mol. The first-order valence-electron chi connectivity index (χ1n) is 5.25. The smallest absolute Gasteiger partial charge is 0.209 e. The second-order valence-corrected chi connectivity index (χ2v) is 4.08. The van der Waals surface area contributed by atoms with Gasteiger partial charge in [-0.1, -0.05) is 6.92 Å². The van der Waals surface area contributed by atoms with Crippen LogP contribution in [-0.4, -0.2) is 24.7 Å². The molecule has 2 N–H and O–H groups in total. The summed E-state index contributed by atoms with van der Waals surface area (Å²) in [4.78, 5) is 3.78. The van der Waals surface area contributed by atoms with Gasteiger partial charge in [0.25, 0.3) is 0 Å². The second-order valence-electron chi connectivity index (χ2n) is 4.08. The minimum absolute atomic E-state index is 0.144. The molecule has 1 aromatic rings. The fraction of sp³-hybridized carbons (Fsp3) is 0.545. The molecular formula is C11H15FN2O2. The van der Waals surface area contributed by atoms with Crippen molar-refractivity contribution < 1.29 is 13.9 Å². The maximum atomic E-state index is 13.1. The summed E-state index contributed by atoms with van der Waals surface area (Å²) in [7, 11) is 0. The maximum Gasteiger partial charge on any atom is 0.209 e. The van der Waals surface area contributed by atoms with Gasteiger partial charge in [-0.25, -0.2) is 4.39 Å². The van der Waals surface area contributed by atoms with E-state index in [-0.39, 0.29) is 6.54 Å². The largest absolute Gasteiger partial charge is 0.344 e. The third-order valence-corrected chi connectivity index (χ3v) is 2.62. The number of pyridine rings is 1. The summed E-state index contributed by atoms with van der Waals surface area (Å²) in [5.41, 5.74) is 6.20. The molecule has 1 aliphatic rings. The molecule has 1 fully saturated rings. The van der Waals surface area contributed by atoms with Gasteiger partial charge in [0.2, 0.25) is 5.79 Å². The summed E-state index contributed by atoms with van der Waals surface area (Å²) in [6.45, 7) is 3.26. The van der Waals surface area contributed by atoms with Crippen LogP contribution in [0.25, 0.3) is 0 Å². The molecule has 4 nitrogen and oxygen atoms in total. The number of ether oxygens (including phenoxy) is 2. The highest BCUT2D eigenvalue weighted by Crippen LogP contribution is 2.31. The van der Waals surface area contributed by atoms with E-state index < -0.39 is 11.6 Å². The molecule has 0 spiro atoms. The molecule has 0 aliphatic carbocycles. The van der Waals surface area contributed by atoms with E-state index in [0.717, 1.165) is 6.20 Å². The zero-order valence-corrected chi connectivity index (χ0v) is 9.15. The zero-order valence-electron chi connectivity index (χ0n) is 9.15. The van der Waals surface area contributed by atoms with Crippen molar-refractivity contribution >= 4 is 0 Å². The van der Waals surface area contributed by atoms with Crippen LogP contribution in [0.2, 0.25) is 0 Å². The van der Waals surface area contributed by atoms with Crippen molar-refractivity contribution in [2.75, 3.05) is 19.8 Å². The van der Waals surface area contributed by atoms with E-state index in [9.17, 15) is 4.39 Å². The van der Waals surface area contributed by atoms with Crippen LogP contribution in [0.4, 0.5) is 4.39 Å². The number of nitrogens with zero attached hydrogens (tertiary/aromatic N) is 1. The highest BCUT2D eigenvalue weighted by Gasteiger charge is 2.37. The Labute approximate surface area is 93.6 Å². The molecule has 2 rings (SSSR count). The Morgan fingerprint density at radius 1 is 1.50 bits per heavy atom. The van der Waals surface area contributed by atoms with E-state index >= 15 is 0 Å². The van der Waals surface area contributed by atoms with Gasteiger partial charge in [0.1, 0.15) is 5.82 Å². The maximum absolute atomic E-state index is 13.1. The van der Waals surface area contributed by atoms with E-state index in [1.54, 1.807) is 0 Å². The minimum Gasteiger partial charge on any atom is -0.344 e. The molecule has 1 aromatic heterocycles.